The van der Waals surface area contributed by atoms with Crippen LogP contribution in [0.25, 0.3) is 11.4 Å². The molecule has 0 fully saturated rings. The highest BCUT2D eigenvalue weighted by Crippen LogP contribution is 2.23. The normalized spacial score (nSPS) is 12.1. The molecule has 0 aliphatic heterocycles. The highest BCUT2D eigenvalue weighted by atomic mass is 16.5. The topological polar surface area (TPSA) is 95.0 Å². The highest BCUT2D eigenvalue weighted by Gasteiger charge is 2.25. The number of hydrogen-bond donors (Lipinski definition) is 1. The van der Waals surface area contributed by atoms with Gasteiger partial charge in [-0.3, -0.25) is 4.79 Å². The van der Waals surface area contributed by atoms with Gasteiger partial charge in [0.05, 0.1) is 5.56 Å². The molecule has 7 nitrogen and oxygen atoms in total. The van der Waals surface area contributed by atoms with Gasteiger partial charge in [0.25, 0.3) is 5.91 Å². The standard InChI is InChI=1S/C18H18N4O3/c1-12(2)15(19-17(23)14-8-10-22(24)11-9-14)18-20-16(21-25-18)13-6-4-3-5-7-13/h3-12,15H,1-2H3,(H,19,23)/t15-/m1/s1. The monoisotopic (exact) mass is 338 g/mol. The van der Waals surface area contributed by atoms with Crippen LogP contribution in [-0.2, 0) is 0 Å². The molecule has 128 valence electrons. The number of benzene rings is 1. The summed E-state index contributed by atoms with van der Waals surface area (Å²) in [5.41, 5.74) is 1.23. The van der Waals surface area contributed by atoms with Crippen molar-refractivity contribution >= 4 is 5.91 Å². The molecular formula is C18H18N4O3. The summed E-state index contributed by atoms with van der Waals surface area (Å²) >= 11 is 0. The molecule has 25 heavy (non-hydrogen) atoms. The van der Waals surface area contributed by atoms with Gasteiger partial charge in [-0.25, -0.2) is 0 Å². The van der Waals surface area contributed by atoms with Crippen LogP contribution in [0.3, 0.4) is 0 Å². The van der Waals surface area contributed by atoms with Gasteiger partial charge in [0.2, 0.25) is 11.7 Å². The van der Waals surface area contributed by atoms with E-state index in [0.29, 0.717) is 22.0 Å². The predicted octanol–water partition coefficient (Wildman–Crippen LogP) is 2.50. The van der Waals surface area contributed by atoms with E-state index in [-0.39, 0.29) is 11.8 Å². The Morgan fingerprint density at radius 3 is 2.48 bits per heavy atom. The minimum Gasteiger partial charge on any atom is -0.619 e. The highest BCUT2D eigenvalue weighted by molar-refractivity contribution is 5.94. The van der Waals surface area contributed by atoms with E-state index >= 15 is 0 Å². The third kappa shape index (κ3) is 3.82. The molecule has 1 aromatic carbocycles. The van der Waals surface area contributed by atoms with E-state index in [4.69, 9.17) is 4.52 Å². The van der Waals surface area contributed by atoms with E-state index in [1.54, 1.807) is 0 Å². The van der Waals surface area contributed by atoms with Crippen molar-refractivity contribution in [1.82, 2.24) is 15.5 Å². The zero-order valence-electron chi connectivity index (χ0n) is 13.9. The quantitative estimate of drug-likeness (QED) is 0.570. The SMILES string of the molecule is CC(C)[C@@H](NC(=O)c1cc[n+]([O-])cc1)c1nc(-c2ccccc2)no1. The smallest absolute Gasteiger partial charge is 0.252 e. The molecule has 1 atom stereocenters. The number of carbonyl (C=O) groups is 1. The lowest BCUT2D eigenvalue weighted by Gasteiger charge is -2.18. The average molecular weight is 338 g/mol. The Morgan fingerprint density at radius 2 is 1.84 bits per heavy atom. The number of hydrogen-bond acceptors (Lipinski definition) is 5. The second-order valence-corrected chi connectivity index (χ2v) is 5.96. The van der Waals surface area contributed by atoms with Gasteiger partial charge in [-0.05, 0) is 5.92 Å². The lowest BCUT2D eigenvalue weighted by Crippen LogP contribution is -2.33. The third-order valence-corrected chi connectivity index (χ3v) is 3.76. The van der Waals surface area contributed by atoms with Crippen molar-refractivity contribution in [2.45, 2.75) is 19.9 Å². The molecule has 7 heteroatoms. The van der Waals surface area contributed by atoms with Crippen molar-refractivity contribution in [2.75, 3.05) is 0 Å². The Labute approximate surface area is 144 Å². The lowest BCUT2D eigenvalue weighted by molar-refractivity contribution is -0.605. The fraction of sp³-hybridized carbons (Fsp3) is 0.222. The Hall–Kier alpha value is -3.22. The molecule has 1 amide bonds. The molecule has 0 spiro atoms. The zero-order chi connectivity index (χ0) is 17.8. The van der Waals surface area contributed by atoms with E-state index in [2.05, 4.69) is 15.5 Å². The van der Waals surface area contributed by atoms with Crippen LogP contribution in [-0.4, -0.2) is 16.0 Å². The number of nitrogens with zero attached hydrogens (tertiary/aromatic N) is 3. The number of rotatable bonds is 5. The number of aromatic nitrogens is 3. The number of nitrogens with one attached hydrogen (secondary N) is 1. The number of pyridine rings is 1. The minimum absolute atomic E-state index is 0.0428. The first kappa shape index (κ1) is 16.6. The molecular weight excluding hydrogens is 320 g/mol. The summed E-state index contributed by atoms with van der Waals surface area (Å²) in [6.07, 6.45) is 2.55. The summed E-state index contributed by atoms with van der Waals surface area (Å²) < 4.78 is 5.99. The summed E-state index contributed by atoms with van der Waals surface area (Å²) in [7, 11) is 0. The van der Waals surface area contributed by atoms with E-state index in [1.807, 2.05) is 44.2 Å². The fourth-order valence-electron chi connectivity index (χ4n) is 2.37. The molecule has 0 unspecified atom stereocenters. The van der Waals surface area contributed by atoms with Gasteiger partial charge in [0, 0.05) is 17.7 Å². The zero-order valence-corrected chi connectivity index (χ0v) is 13.9. The molecule has 2 aromatic heterocycles. The number of carbonyl (C=O) groups excluding carboxylic acids is 1. The summed E-state index contributed by atoms with van der Waals surface area (Å²) in [5, 5.41) is 18.0. The molecule has 2 heterocycles. The second-order valence-electron chi connectivity index (χ2n) is 5.96. The van der Waals surface area contributed by atoms with Gasteiger partial charge in [-0.2, -0.15) is 9.71 Å². The summed E-state index contributed by atoms with van der Waals surface area (Å²) in [5.74, 6) is 0.555. The molecule has 0 bridgehead atoms. The first-order valence-electron chi connectivity index (χ1n) is 7.93. The second kappa shape index (κ2) is 7.12. The maximum absolute atomic E-state index is 12.4. The minimum atomic E-state index is -0.433. The van der Waals surface area contributed by atoms with Crippen molar-refractivity contribution in [3.8, 4) is 11.4 Å². The van der Waals surface area contributed by atoms with Crippen LogP contribution in [0.1, 0.15) is 36.1 Å². The molecule has 0 saturated heterocycles. The Kier molecular flexibility index (Phi) is 4.74. The Morgan fingerprint density at radius 1 is 1.16 bits per heavy atom. The van der Waals surface area contributed by atoms with Crippen LogP contribution in [0.15, 0.2) is 59.4 Å². The first-order valence-corrected chi connectivity index (χ1v) is 7.93. The van der Waals surface area contributed by atoms with Crippen LogP contribution in [0.4, 0.5) is 0 Å². The average Bonchev–Trinajstić information content (AvgIpc) is 3.10. The molecule has 3 rings (SSSR count). The van der Waals surface area contributed by atoms with Gasteiger partial charge in [0.15, 0.2) is 12.4 Å². The Balaban J connectivity index is 1.81. The van der Waals surface area contributed by atoms with Crippen LogP contribution in [0.2, 0.25) is 0 Å². The van der Waals surface area contributed by atoms with Crippen molar-refractivity contribution in [3.05, 3.63) is 71.5 Å². The van der Waals surface area contributed by atoms with Crippen LogP contribution < -0.4 is 10.0 Å². The predicted molar refractivity (Wildman–Crippen MR) is 90.2 cm³/mol. The van der Waals surface area contributed by atoms with E-state index in [0.717, 1.165) is 5.56 Å². The van der Waals surface area contributed by atoms with Gasteiger partial charge < -0.3 is 15.0 Å². The molecule has 0 radical (unpaired) electrons. The largest absolute Gasteiger partial charge is 0.619 e. The summed E-state index contributed by atoms with van der Waals surface area (Å²) in [6.45, 7) is 3.90. The van der Waals surface area contributed by atoms with Crippen molar-refractivity contribution in [3.63, 3.8) is 0 Å². The van der Waals surface area contributed by atoms with E-state index < -0.39 is 6.04 Å². The van der Waals surface area contributed by atoms with Crippen molar-refractivity contribution < 1.29 is 14.0 Å². The van der Waals surface area contributed by atoms with E-state index in [1.165, 1.54) is 24.5 Å². The summed E-state index contributed by atoms with van der Waals surface area (Å²) in [6, 6.07) is 12.0. The van der Waals surface area contributed by atoms with Gasteiger partial charge in [0.1, 0.15) is 6.04 Å². The lowest BCUT2D eigenvalue weighted by atomic mass is 10.0. The van der Waals surface area contributed by atoms with Crippen LogP contribution in [0.5, 0.6) is 0 Å². The van der Waals surface area contributed by atoms with E-state index in [9.17, 15) is 10.0 Å². The van der Waals surface area contributed by atoms with Crippen molar-refractivity contribution in [2.24, 2.45) is 5.92 Å². The first-order chi connectivity index (χ1) is 12.0. The van der Waals surface area contributed by atoms with Gasteiger partial charge in [-0.15, -0.1) is 0 Å². The molecule has 1 N–H and O–H groups in total. The molecule has 0 aliphatic carbocycles. The molecule has 0 saturated carbocycles. The third-order valence-electron chi connectivity index (χ3n) is 3.76. The van der Waals surface area contributed by atoms with Crippen LogP contribution in [0, 0.1) is 11.1 Å². The summed E-state index contributed by atoms with van der Waals surface area (Å²) in [4.78, 5) is 16.8. The maximum Gasteiger partial charge on any atom is 0.252 e. The number of amides is 1. The molecule has 3 aromatic rings. The maximum atomic E-state index is 12.4. The van der Waals surface area contributed by atoms with Gasteiger partial charge in [-0.1, -0.05) is 49.3 Å². The fourth-order valence-corrected chi connectivity index (χ4v) is 2.37. The Bertz CT molecular complexity index is 844. The van der Waals surface area contributed by atoms with Crippen molar-refractivity contribution in [1.29, 1.82) is 0 Å². The van der Waals surface area contributed by atoms with Gasteiger partial charge >= 0.3 is 0 Å². The van der Waals surface area contributed by atoms with Crippen LogP contribution >= 0.6 is 0 Å². The molecule has 0 aliphatic rings.